The van der Waals surface area contributed by atoms with Gasteiger partial charge >= 0.3 is 0 Å². The Kier molecular flexibility index (Phi) is 5.78. The van der Waals surface area contributed by atoms with Crippen molar-refractivity contribution in [3.05, 3.63) is 70.5 Å². The predicted octanol–water partition coefficient (Wildman–Crippen LogP) is 4.59. The lowest BCUT2D eigenvalue weighted by molar-refractivity contribution is -0.116. The molecule has 29 heavy (non-hydrogen) atoms. The molecule has 0 saturated heterocycles. The Morgan fingerprint density at radius 3 is 2.76 bits per heavy atom. The Morgan fingerprint density at radius 1 is 1.24 bits per heavy atom. The number of nitrogens with one attached hydrogen (secondary N) is 2. The largest absolute Gasteiger partial charge is 0.325 e. The van der Waals surface area contributed by atoms with E-state index in [-0.39, 0.29) is 11.9 Å². The number of carbonyl (C=O) groups is 1. The maximum atomic E-state index is 13.2. The van der Waals surface area contributed by atoms with Crippen LogP contribution in [0.25, 0.3) is 0 Å². The average Bonchev–Trinajstić information content (AvgIpc) is 3.10. The molecule has 0 radical (unpaired) electrons. The van der Waals surface area contributed by atoms with E-state index >= 15 is 0 Å². The topological polar surface area (TPSA) is 71.8 Å². The van der Waals surface area contributed by atoms with E-state index in [9.17, 15) is 4.79 Å². The number of carbonyl (C=O) groups excluding carboxylic acids is 1. The number of nitrogens with zero attached hydrogens (tertiary/aromatic N) is 3. The summed E-state index contributed by atoms with van der Waals surface area (Å²) in [6.45, 7) is 4.10. The van der Waals surface area contributed by atoms with Crippen molar-refractivity contribution in [2.75, 3.05) is 10.7 Å². The quantitative estimate of drug-likeness (QED) is 0.623. The highest BCUT2D eigenvalue weighted by Gasteiger charge is 2.37. The van der Waals surface area contributed by atoms with Crippen LogP contribution in [0.1, 0.15) is 36.3 Å². The van der Waals surface area contributed by atoms with Crippen LogP contribution >= 0.6 is 23.4 Å². The van der Waals surface area contributed by atoms with Gasteiger partial charge in [0.05, 0.1) is 6.04 Å². The number of halogens is 1. The molecule has 1 amide bonds. The zero-order valence-corrected chi connectivity index (χ0v) is 17.8. The molecular formula is C21H22ClN5OS. The Hall–Kier alpha value is -2.51. The van der Waals surface area contributed by atoms with E-state index in [1.165, 1.54) is 11.8 Å². The van der Waals surface area contributed by atoms with Crippen LogP contribution in [-0.4, -0.2) is 26.0 Å². The molecule has 0 spiro atoms. The van der Waals surface area contributed by atoms with E-state index in [1.807, 2.05) is 60.1 Å². The van der Waals surface area contributed by atoms with Gasteiger partial charge in [-0.05, 0) is 48.7 Å². The molecule has 3 aromatic rings. The fourth-order valence-corrected chi connectivity index (χ4v) is 4.57. The van der Waals surface area contributed by atoms with E-state index < -0.39 is 5.25 Å². The molecule has 0 saturated carbocycles. The molecule has 1 aromatic heterocycles. The van der Waals surface area contributed by atoms with Gasteiger partial charge in [0.2, 0.25) is 11.1 Å². The first kappa shape index (κ1) is 19.8. The van der Waals surface area contributed by atoms with Gasteiger partial charge in [-0.25, -0.2) is 4.68 Å². The lowest BCUT2D eigenvalue weighted by atomic mass is 10.0. The van der Waals surface area contributed by atoms with Gasteiger partial charge in [0.15, 0.2) is 5.82 Å². The van der Waals surface area contributed by atoms with Crippen molar-refractivity contribution in [2.24, 2.45) is 0 Å². The molecule has 1 aliphatic heterocycles. The summed E-state index contributed by atoms with van der Waals surface area (Å²) in [4.78, 5) is 13.2. The lowest BCUT2D eigenvalue weighted by Crippen LogP contribution is -2.41. The van der Waals surface area contributed by atoms with E-state index in [2.05, 4.69) is 27.9 Å². The number of aromatic nitrogens is 3. The molecule has 2 unspecified atom stereocenters. The van der Waals surface area contributed by atoms with E-state index in [1.54, 1.807) is 0 Å². The predicted molar refractivity (Wildman–Crippen MR) is 117 cm³/mol. The van der Waals surface area contributed by atoms with Gasteiger partial charge in [0.25, 0.3) is 0 Å². The molecule has 6 nitrogen and oxygen atoms in total. The Bertz CT molecular complexity index is 1020. The van der Waals surface area contributed by atoms with Gasteiger partial charge in [0.1, 0.15) is 5.25 Å². The number of rotatable bonds is 5. The van der Waals surface area contributed by atoms with Crippen molar-refractivity contribution in [3.8, 4) is 0 Å². The van der Waals surface area contributed by atoms with Crippen molar-refractivity contribution in [3.63, 3.8) is 0 Å². The maximum Gasteiger partial charge on any atom is 0.240 e. The Balaban J connectivity index is 1.66. The molecule has 2 heterocycles. The van der Waals surface area contributed by atoms with Gasteiger partial charge in [-0.2, -0.15) is 0 Å². The summed E-state index contributed by atoms with van der Waals surface area (Å²) in [7, 11) is 0. The van der Waals surface area contributed by atoms with E-state index in [0.717, 1.165) is 35.5 Å². The van der Waals surface area contributed by atoms with Gasteiger partial charge in [-0.15, -0.1) is 10.2 Å². The fraction of sp³-hybridized carbons (Fsp3) is 0.286. The number of benzene rings is 2. The Morgan fingerprint density at radius 2 is 2.03 bits per heavy atom. The SMILES string of the molecule is CCCc1nnc2n1NC(c1ccc(Cl)cc1)C(C(=O)Nc1cccc(C)c1)S2. The molecule has 2 N–H and O–H groups in total. The third-order valence-electron chi connectivity index (χ3n) is 4.75. The summed E-state index contributed by atoms with van der Waals surface area (Å²) in [5, 5.41) is 12.6. The maximum absolute atomic E-state index is 13.2. The highest BCUT2D eigenvalue weighted by Crippen LogP contribution is 2.38. The minimum absolute atomic E-state index is 0.0839. The molecule has 0 fully saturated rings. The first-order chi connectivity index (χ1) is 14.0. The minimum Gasteiger partial charge on any atom is -0.325 e. The van der Waals surface area contributed by atoms with Crippen molar-refractivity contribution in [1.82, 2.24) is 14.9 Å². The molecule has 8 heteroatoms. The molecule has 0 bridgehead atoms. The normalized spacial score (nSPS) is 18.0. The lowest BCUT2D eigenvalue weighted by Gasteiger charge is -2.33. The van der Waals surface area contributed by atoms with Gasteiger partial charge in [-0.3, -0.25) is 4.79 Å². The zero-order valence-electron chi connectivity index (χ0n) is 16.2. The second-order valence-electron chi connectivity index (χ2n) is 7.04. The number of thioether (sulfide) groups is 1. The molecule has 0 aliphatic carbocycles. The highest BCUT2D eigenvalue weighted by molar-refractivity contribution is 8.00. The number of fused-ring (bicyclic) bond motifs is 1. The van der Waals surface area contributed by atoms with Crippen molar-refractivity contribution >= 4 is 35.0 Å². The fourth-order valence-electron chi connectivity index (χ4n) is 3.34. The molecule has 2 atom stereocenters. The molecule has 4 rings (SSSR count). The van der Waals surface area contributed by atoms with Gasteiger partial charge in [0, 0.05) is 17.1 Å². The summed E-state index contributed by atoms with van der Waals surface area (Å²) >= 11 is 7.50. The molecule has 2 aromatic carbocycles. The summed E-state index contributed by atoms with van der Waals surface area (Å²) in [5.41, 5.74) is 6.32. The Labute approximate surface area is 179 Å². The van der Waals surface area contributed by atoms with Crippen LogP contribution in [0, 0.1) is 6.92 Å². The van der Waals surface area contributed by atoms with Crippen LogP contribution in [-0.2, 0) is 11.2 Å². The third-order valence-corrected chi connectivity index (χ3v) is 6.22. The monoisotopic (exact) mass is 427 g/mol. The van der Waals surface area contributed by atoms with Crippen LogP contribution in [0.15, 0.2) is 53.7 Å². The van der Waals surface area contributed by atoms with Crippen LogP contribution in [0.4, 0.5) is 5.69 Å². The summed E-state index contributed by atoms with van der Waals surface area (Å²) in [6.07, 6.45) is 1.78. The van der Waals surface area contributed by atoms with Crippen molar-refractivity contribution in [2.45, 2.75) is 43.1 Å². The highest BCUT2D eigenvalue weighted by atomic mass is 35.5. The summed E-state index contributed by atoms with van der Waals surface area (Å²) < 4.78 is 1.91. The minimum atomic E-state index is -0.414. The average molecular weight is 428 g/mol. The van der Waals surface area contributed by atoms with Crippen molar-refractivity contribution in [1.29, 1.82) is 0 Å². The number of hydrogen-bond acceptors (Lipinski definition) is 5. The smallest absolute Gasteiger partial charge is 0.240 e. The second kappa shape index (κ2) is 8.47. The van der Waals surface area contributed by atoms with Crippen LogP contribution in [0.3, 0.4) is 0 Å². The van der Waals surface area contributed by atoms with E-state index in [4.69, 9.17) is 11.6 Å². The van der Waals surface area contributed by atoms with Gasteiger partial charge < -0.3 is 10.7 Å². The number of aryl methyl sites for hydroxylation is 2. The van der Waals surface area contributed by atoms with Crippen molar-refractivity contribution < 1.29 is 4.79 Å². The molecule has 1 aliphatic rings. The van der Waals surface area contributed by atoms with Crippen LogP contribution in [0.2, 0.25) is 5.02 Å². The standard InChI is InChI=1S/C21H22ClN5OS/c1-3-5-17-24-25-21-27(17)26-18(14-8-10-15(22)11-9-14)19(29-21)20(28)23-16-7-4-6-13(2)12-16/h4,6-12,18-19,26H,3,5H2,1-2H3,(H,23,28). The number of anilines is 1. The molecular weight excluding hydrogens is 406 g/mol. The van der Waals surface area contributed by atoms with Crippen LogP contribution < -0.4 is 10.7 Å². The summed E-state index contributed by atoms with van der Waals surface area (Å²) in [5.74, 6) is 0.783. The number of amides is 1. The van der Waals surface area contributed by atoms with Gasteiger partial charge in [-0.1, -0.05) is 54.6 Å². The van der Waals surface area contributed by atoms with E-state index in [0.29, 0.717) is 10.2 Å². The molecule has 150 valence electrons. The summed E-state index contributed by atoms with van der Waals surface area (Å²) in [6, 6.07) is 15.1. The van der Waals surface area contributed by atoms with Crippen LogP contribution in [0.5, 0.6) is 0 Å². The second-order valence-corrected chi connectivity index (χ2v) is 8.58. The number of hydrogen-bond donors (Lipinski definition) is 2. The first-order valence-electron chi connectivity index (χ1n) is 9.55. The third kappa shape index (κ3) is 4.26. The zero-order chi connectivity index (χ0) is 20.4. The first-order valence-corrected chi connectivity index (χ1v) is 10.8.